The molecule has 0 spiro atoms. The molecule has 0 amide bonds. The summed E-state index contributed by atoms with van der Waals surface area (Å²) in [5, 5.41) is 9.23. The van der Waals surface area contributed by atoms with Crippen LogP contribution in [-0.2, 0) is 0 Å². The smallest absolute Gasteiger partial charge is 0.119 e. The van der Waals surface area contributed by atoms with Crippen LogP contribution < -0.4 is 4.74 Å². The fourth-order valence-corrected chi connectivity index (χ4v) is 0.988. The van der Waals surface area contributed by atoms with Gasteiger partial charge in [-0.3, -0.25) is 0 Å². The van der Waals surface area contributed by atoms with E-state index < -0.39 is 0 Å². The molecule has 2 nitrogen and oxygen atoms in total. The lowest BCUT2D eigenvalue weighted by Crippen LogP contribution is -2.01. The van der Waals surface area contributed by atoms with E-state index in [9.17, 15) is 0 Å². The summed E-state index contributed by atoms with van der Waals surface area (Å²) in [6.45, 7) is 2.26. The molecule has 0 unspecified atom stereocenters. The van der Waals surface area contributed by atoms with Crippen molar-refractivity contribution in [2.45, 2.75) is 6.92 Å². The summed E-state index contributed by atoms with van der Waals surface area (Å²) in [4.78, 5) is 0. The largest absolute Gasteiger partial charge is 0.491 e. The molecule has 1 rings (SSSR count). The fourth-order valence-electron chi connectivity index (χ4n) is 0.870. The van der Waals surface area contributed by atoms with E-state index in [2.05, 4.69) is 0 Å². The standard InChI is InChI=1S/C9H11ClO2/c1-7-6-8(12-5-4-11)2-3-9(7)10/h2-3,6,11H,4-5H2,1H3. The van der Waals surface area contributed by atoms with E-state index in [1.807, 2.05) is 13.0 Å². The molecule has 0 heterocycles. The van der Waals surface area contributed by atoms with Crippen molar-refractivity contribution in [1.29, 1.82) is 0 Å². The second-order valence-electron chi connectivity index (χ2n) is 2.48. The van der Waals surface area contributed by atoms with Crippen LogP contribution in [0.15, 0.2) is 18.2 Å². The van der Waals surface area contributed by atoms with Gasteiger partial charge in [0.15, 0.2) is 0 Å². The molecule has 0 saturated heterocycles. The summed E-state index contributed by atoms with van der Waals surface area (Å²) in [5.74, 6) is 0.742. The van der Waals surface area contributed by atoms with Crippen LogP contribution in [0.25, 0.3) is 0 Å². The van der Waals surface area contributed by atoms with E-state index in [0.29, 0.717) is 6.61 Å². The highest BCUT2D eigenvalue weighted by molar-refractivity contribution is 6.31. The minimum Gasteiger partial charge on any atom is -0.491 e. The maximum atomic E-state index is 8.50. The van der Waals surface area contributed by atoms with Gasteiger partial charge in [0.05, 0.1) is 6.61 Å². The molecular formula is C9H11ClO2. The van der Waals surface area contributed by atoms with E-state index >= 15 is 0 Å². The Labute approximate surface area is 76.7 Å². The van der Waals surface area contributed by atoms with Crippen LogP contribution in [0.3, 0.4) is 0 Å². The zero-order chi connectivity index (χ0) is 8.97. The maximum Gasteiger partial charge on any atom is 0.119 e. The Kier molecular flexibility index (Phi) is 3.38. The summed E-state index contributed by atoms with van der Waals surface area (Å²) >= 11 is 5.81. The van der Waals surface area contributed by atoms with E-state index in [1.54, 1.807) is 12.1 Å². The zero-order valence-corrected chi connectivity index (χ0v) is 7.64. The lowest BCUT2D eigenvalue weighted by molar-refractivity contribution is 0.201. The third-order valence-corrected chi connectivity index (χ3v) is 1.91. The summed E-state index contributed by atoms with van der Waals surface area (Å²) in [5.41, 5.74) is 0.979. The number of hydrogen-bond acceptors (Lipinski definition) is 2. The molecule has 1 aromatic rings. The van der Waals surface area contributed by atoms with Gasteiger partial charge in [-0.05, 0) is 30.7 Å². The number of rotatable bonds is 3. The zero-order valence-electron chi connectivity index (χ0n) is 6.88. The van der Waals surface area contributed by atoms with Gasteiger partial charge in [0, 0.05) is 5.02 Å². The average Bonchev–Trinajstić information content (AvgIpc) is 2.07. The second-order valence-corrected chi connectivity index (χ2v) is 2.89. The minimum absolute atomic E-state index is 0.0294. The first-order chi connectivity index (χ1) is 5.74. The third kappa shape index (κ3) is 2.40. The topological polar surface area (TPSA) is 29.5 Å². The minimum atomic E-state index is 0.0294. The Morgan fingerprint density at radius 1 is 1.50 bits per heavy atom. The van der Waals surface area contributed by atoms with Crippen molar-refractivity contribution in [2.24, 2.45) is 0 Å². The van der Waals surface area contributed by atoms with Gasteiger partial charge in [-0.1, -0.05) is 11.6 Å². The summed E-state index contributed by atoms with van der Waals surface area (Å²) in [6, 6.07) is 5.41. The quantitative estimate of drug-likeness (QED) is 0.783. The Morgan fingerprint density at radius 3 is 2.83 bits per heavy atom. The molecule has 0 aliphatic carbocycles. The average molecular weight is 187 g/mol. The van der Waals surface area contributed by atoms with Gasteiger partial charge in [0.25, 0.3) is 0 Å². The van der Waals surface area contributed by atoms with Gasteiger partial charge in [-0.15, -0.1) is 0 Å². The predicted molar refractivity (Wildman–Crippen MR) is 48.8 cm³/mol. The molecule has 0 saturated carbocycles. The molecular weight excluding hydrogens is 176 g/mol. The van der Waals surface area contributed by atoms with Crippen molar-refractivity contribution in [3.8, 4) is 5.75 Å². The van der Waals surface area contributed by atoms with Crippen molar-refractivity contribution in [3.05, 3.63) is 28.8 Å². The second kappa shape index (κ2) is 4.33. The van der Waals surface area contributed by atoms with Crippen LogP contribution in [0.5, 0.6) is 5.75 Å². The number of ether oxygens (including phenoxy) is 1. The van der Waals surface area contributed by atoms with Gasteiger partial charge < -0.3 is 9.84 Å². The molecule has 0 fully saturated rings. The molecule has 1 N–H and O–H groups in total. The summed E-state index contributed by atoms with van der Waals surface area (Å²) < 4.78 is 5.18. The third-order valence-electron chi connectivity index (χ3n) is 1.49. The van der Waals surface area contributed by atoms with Crippen molar-refractivity contribution in [1.82, 2.24) is 0 Å². The highest BCUT2D eigenvalue weighted by Gasteiger charge is 1.97. The molecule has 12 heavy (non-hydrogen) atoms. The molecule has 0 aliphatic rings. The van der Waals surface area contributed by atoms with E-state index in [4.69, 9.17) is 21.4 Å². The van der Waals surface area contributed by atoms with E-state index in [1.165, 1.54) is 0 Å². The number of aliphatic hydroxyl groups excluding tert-OH is 1. The van der Waals surface area contributed by atoms with Crippen LogP contribution in [0, 0.1) is 6.92 Å². The highest BCUT2D eigenvalue weighted by atomic mass is 35.5. The predicted octanol–water partition coefficient (Wildman–Crippen LogP) is 2.02. The van der Waals surface area contributed by atoms with E-state index in [0.717, 1.165) is 16.3 Å². The van der Waals surface area contributed by atoms with E-state index in [-0.39, 0.29) is 6.61 Å². The highest BCUT2D eigenvalue weighted by Crippen LogP contribution is 2.20. The van der Waals surface area contributed by atoms with Gasteiger partial charge in [0.1, 0.15) is 12.4 Å². The fraction of sp³-hybridized carbons (Fsp3) is 0.333. The van der Waals surface area contributed by atoms with Crippen molar-refractivity contribution in [2.75, 3.05) is 13.2 Å². The molecule has 0 radical (unpaired) electrons. The number of hydrogen-bond donors (Lipinski definition) is 1. The number of benzene rings is 1. The van der Waals surface area contributed by atoms with Gasteiger partial charge in [-0.25, -0.2) is 0 Å². The van der Waals surface area contributed by atoms with Crippen LogP contribution in [0.4, 0.5) is 0 Å². The first kappa shape index (κ1) is 9.36. The lowest BCUT2D eigenvalue weighted by atomic mass is 10.2. The first-order valence-corrected chi connectivity index (χ1v) is 4.11. The summed E-state index contributed by atoms with van der Waals surface area (Å²) in [6.07, 6.45) is 0. The number of halogens is 1. The van der Waals surface area contributed by atoms with Gasteiger partial charge in [-0.2, -0.15) is 0 Å². The number of aryl methyl sites for hydroxylation is 1. The molecule has 3 heteroatoms. The summed E-state index contributed by atoms with van der Waals surface area (Å²) in [7, 11) is 0. The Morgan fingerprint density at radius 2 is 2.25 bits per heavy atom. The molecule has 0 aliphatic heterocycles. The molecule has 1 aromatic carbocycles. The molecule has 0 bridgehead atoms. The lowest BCUT2D eigenvalue weighted by Gasteiger charge is -2.05. The van der Waals surface area contributed by atoms with Gasteiger partial charge >= 0.3 is 0 Å². The molecule has 0 aromatic heterocycles. The first-order valence-electron chi connectivity index (χ1n) is 3.74. The van der Waals surface area contributed by atoms with Gasteiger partial charge in [0.2, 0.25) is 0 Å². The normalized spacial score (nSPS) is 9.92. The Balaban J connectivity index is 2.69. The Hall–Kier alpha value is -0.730. The SMILES string of the molecule is Cc1cc(OCCO)ccc1Cl. The van der Waals surface area contributed by atoms with Crippen LogP contribution in [0.2, 0.25) is 5.02 Å². The molecule has 0 atom stereocenters. The maximum absolute atomic E-state index is 8.50. The number of aliphatic hydroxyl groups is 1. The molecule has 66 valence electrons. The van der Waals surface area contributed by atoms with Crippen LogP contribution in [0.1, 0.15) is 5.56 Å². The van der Waals surface area contributed by atoms with Crippen LogP contribution in [-0.4, -0.2) is 18.3 Å². The Bertz CT molecular complexity index is 261. The van der Waals surface area contributed by atoms with Crippen LogP contribution >= 0.6 is 11.6 Å². The van der Waals surface area contributed by atoms with Crippen molar-refractivity contribution >= 4 is 11.6 Å². The van der Waals surface area contributed by atoms with Crippen molar-refractivity contribution in [3.63, 3.8) is 0 Å². The van der Waals surface area contributed by atoms with Crippen molar-refractivity contribution < 1.29 is 9.84 Å². The monoisotopic (exact) mass is 186 g/mol.